The number of ether oxygens (including phenoxy) is 1. The number of aliphatic imine (C=N–C) groups is 1. The highest BCUT2D eigenvalue weighted by molar-refractivity contribution is 6.30. The second kappa shape index (κ2) is 9.88. The summed E-state index contributed by atoms with van der Waals surface area (Å²) in [5, 5.41) is 12.0. The monoisotopic (exact) mass is 364 g/mol. The number of aryl methyl sites for hydroxylation is 1. The first-order valence-corrected chi connectivity index (χ1v) is 8.68. The van der Waals surface area contributed by atoms with Crippen LogP contribution in [-0.4, -0.2) is 59.4 Å². The van der Waals surface area contributed by atoms with Crippen molar-refractivity contribution in [2.45, 2.75) is 19.9 Å². The van der Waals surface area contributed by atoms with Crippen LogP contribution in [0.1, 0.15) is 12.7 Å². The molecule has 8 heteroatoms. The lowest BCUT2D eigenvalue weighted by molar-refractivity contribution is 0.281. The third-order valence-corrected chi connectivity index (χ3v) is 3.95. The Kier molecular flexibility index (Phi) is 7.53. The number of likely N-dealkylation sites (N-methyl/N-ethyl adjacent to an activating group) is 1. The predicted molar refractivity (Wildman–Crippen MR) is 100 cm³/mol. The molecule has 0 saturated heterocycles. The van der Waals surface area contributed by atoms with Gasteiger partial charge >= 0.3 is 0 Å². The van der Waals surface area contributed by atoms with Gasteiger partial charge in [0.15, 0.2) is 5.96 Å². The van der Waals surface area contributed by atoms with Crippen LogP contribution in [0.4, 0.5) is 0 Å². The fourth-order valence-electron chi connectivity index (χ4n) is 2.38. The van der Waals surface area contributed by atoms with Gasteiger partial charge in [-0.25, -0.2) is 0 Å². The van der Waals surface area contributed by atoms with Crippen molar-refractivity contribution in [3.8, 4) is 5.75 Å². The molecule has 7 nitrogen and oxygen atoms in total. The molecule has 1 aromatic carbocycles. The van der Waals surface area contributed by atoms with Gasteiger partial charge in [0, 0.05) is 38.6 Å². The summed E-state index contributed by atoms with van der Waals surface area (Å²) in [4.78, 5) is 6.33. The number of nitrogens with one attached hydrogen (secondary N) is 1. The number of nitrogens with zero attached hydrogens (tertiary/aromatic N) is 5. The highest BCUT2D eigenvalue weighted by Crippen LogP contribution is 2.16. The number of guanidine groups is 1. The lowest BCUT2D eigenvalue weighted by Crippen LogP contribution is -2.42. The van der Waals surface area contributed by atoms with Crippen LogP contribution in [0, 0.1) is 0 Å². The maximum Gasteiger partial charge on any atom is 0.193 e. The molecule has 0 amide bonds. The summed E-state index contributed by atoms with van der Waals surface area (Å²) in [7, 11) is 3.75. The smallest absolute Gasteiger partial charge is 0.193 e. The minimum Gasteiger partial charge on any atom is -0.492 e. The van der Waals surface area contributed by atoms with Gasteiger partial charge in [-0.1, -0.05) is 24.6 Å². The first-order valence-electron chi connectivity index (χ1n) is 8.31. The van der Waals surface area contributed by atoms with E-state index in [1.54, 1.807) is 19.4 Å². The molecular formula is C17H25ClN6O. The van der Waals surface area contributed by atoms with Crippen molar-refractivity contribution in [3.63, 3.8) is 0 Å². The quantitative estimate of drug-likeness (QED) is 0.573. The van der Waals surface area contributed by atoms with Crippen molar-refractivity contribution in [1.82, 2.24) is 25.0 Å². The number of aromatic nitrogens is 3. The maximum atomic E-state index is 5.95. The summed E-state index contributed by atoms with van der Waals surface area (Å²) >= 11 is 5.95. The molecule has 0 aliphatic rings. The summed E-state index contributed by atoms with van der Waals surface area (Å²) in [5.74, 6) is 2.57. The van der Waals surface area contributed by atoms with Crippen molar-refractivity contribution >= 4 is 17.6 Å². The normalized spacial score (nSPS) is 11.4. The summed E-state index contributed by atoms with van der Waals surface area (Å²) in [6.45, 7) is 4.86. The van der Waals surface area contributed by atoms with E-state index >= 15 is 0 Å². The van der Waals surface area contributed by atoms with E-state index in [1.807, 2.05) is 34.7 Å². The molecule has 0 unspecified atom stereocenters. The average molecular weight is 365 g/mol. The highest BCUT2D eigenvalue weighted by Gasteiger charge is 2.07. The van der Waals surface area contributed by atoms with Crippen LogP contribution in [0.15, 0.2) is 35.6 Å². The van der Waals surface area contributed by atoms with Crippen LogP contribution in [0.3, 0.4) is 0 Å². The van der Waals surface area contributed by atoms with Gasteiger partial charge in [0.1, 0.15) is 24.5 Å². The van der Waals surface area contributed by atoms with Gasteiger partial charge < -0.3 is 19.5 Å². The number of hydrogen-bond donors (Lipinski definition) is 1. The van der Waals surface area contributed by atoms with E-state index in [0.29, 0.717) is 18.2 Å². The third kappa shape index (κ3) is 5.94. The molecule has 0 aliphatic carbocycles. The van der Waals surface area contributed by atoms with E-state index in [0.717, 1.165) is 37.0 Å². The Labute approximate surface area is 153 Å². The van der Waals surface area contributed by atoms with Gasteiger partial charge in [-0.2, -0.15) is 0 Å². The van der Waals surface area contributed by atoms with Crippen molar-refractivity contribution < 1.29 is 4.74 Å². The minimum atomic E-state index is 0.545. The lowest BCUT2D eigenvalue weighted by Gasteiger charge is -2.22. The maximum absolute atomic E-state index is 5.95. The fourth-order valence-corrected chi connectivity index (χ4v) is 2.56. The van der Waals surface area contributed by atoms with Gasteiger partial charge in [0.2, 0.25) is 0 Å². The number of hydrogen-bond acceptors (Lipinski definition) is 4. The fraction of sp³-hybridized carbons (Fsp3) is 0.471. The molecule has 0 saturated carbocycles. The summed E-state index contributed by atoms with van der Waals surface area (Å²) in [6.07, 6.45) is 2.63. The molecule has 1 heterocycles. The van der Waals surface area contributed by atoms with Crippen LogP contribution < -0.4 is 10.1 Å². The van der Waals surface area contributed by atoms with E-state index < -0.39 is 0 Å². The zero-order valence-electron chi connectivity index (χ0n) is 14.9. The number of rotatable bonds is 8. The second-order valence-electron chi connectivity index (χ2n) is 5.50. The van der Waals surface area contributed by atoms with Crippen LogP contribution in [0.5, 0.6) is 5.75 Å². The van der Waals surface area contributed by atoms with Crippen LogP contribution >= 0.6 is 11.6 Å². The topological polar surface area (TPSA) is 67.6 Å². The highest BCUT2D eigenvalue weighted by atomic mass is 35.5. The van der Waals surface area contributed by atoms with Gasteiger partial charge in [-0.3, -0.25) is 4.99 Å². The Hall–Kier alpha value is -2.28. The van der Waals surface area contributed by atoms with E-state index in [4.69, 9.17) is 16.3 Å². The first kappa shape index (κ1) is 19.1. The molecule has 0 atom stereocenters. The van der Waals surface area contributed by atoms with Crippen LogP contribution in [0.2, 0.25) is 5.02 Å². The standard InChI is InChI=1S/C17H25ClN6O/c1-4-16-22-21-13-24(16)9-8-20-17(19-2)23(3)10-11-25-15-7-5-6-14(18)12-15/h5-7,12-13H,4,8-11H2,1-3H3,(H,19,20). The molecule has 0 aliphatic heterocycles. The molecule has 136 valence electrons. The Balaban J connectivity index is 1.74. The van der Waals surface area contributed by atoms with E-state index in [9.17, 15) is 0 Å². The Morgan fingerprint density at radius 2 is 2.28 bits per heavy atom. The van der Waals surface area contributed by atoms with E-state index in [-0.39, 0.29) is 0 Å². The molecule has 25 heavy (non-hydrogen) atoms. The van der Waals surface area contributed by atoms with Crippen molar-refractivity contribution in [2.24, 2.45) is 4.99 Å². The first-order chi connectivity index (χ1) is 12.1. The Bertz CT molecular complexity index is 687. The van der Waals surface area contributed by atoms with Gasteiger partial charge in [0.25, 0.3) is 0 Å². The van der Waals surface area contributed by atoms with Crippen LogP contribution in [0.25, 0.3) is 0 Å². The van der Waals surface area contributed by atoms with E-state index in [2.05, 4.69) is 27.4 Å². The third-order valence-electron chi connectivity index (χ3n) is 3.71. The molecule has 1 N–H and O–H groups in total. The molecule has 0 radical (unpaired) electrons. The molecular weight excluding hydrogens is 340 g/mol. The second-order valence-corrected chi connectivity index (χ2v) is 5.93. The predicted octanol–water partition coefficient (Wildman–Crippen LogP) is 2.08. The van der Waals surface area contributed by atoms with Crippen molar-refractivity contribution in [1.29, 1.82) is 0 Å². The Morgan fingerprint density at radius 3 is 3.00 bits per heavy atom. The van der Waals surface area contributed by atoms with Crippen molar-refractivity contribution in [3.05, 3.63) is 41.4 Å². The Morgan fingerprint density at radius 1 is 1.44 bits per heavy atom. The summed E-state index contributed by atoms with van der Waals surface area (Å²) in [5.41, 5.74) is 0. The number of benzene rings is 1. The zero-order chi connectivity index (χ0) is 18.1. The largest absolute Gasteiger partial charge is 0.492 e. The van der Waals surface area contributed by atoms with Crippen LogP contribution in [-0.2, 0) is 13.0 Å². The zero-order valence-corrected chi connectivity index (χ0v) is 15.7. The summed E-state index contributed by atoms with van der Waals surface area (Å²) in [6, 6.07) is 7.39. The lowest BCUT2D eigenvalue weighted by atomic mass is 10.3. The average Bonchev–Trinajstić information content (AvgIpc) is 3.06. The molecule has 2 aromatic rings. The SMILES string of the molecule is CCc1nncn1CCNC(=NC)N(C)CCOc1cccc(Cl)c1. The molecule has 0 fully saturated rings. The molecule has 0 bridgehead atoms. The van der Waals surface area contributed by atoms with Gasteiger partial charge in [-0.05, 0) is 18.2 Å². The summed E-state index contributed by atoms with van der Waals surface area (Å²) < 4.78 is 7.76. The van der Waals surface area contributed by atoms with E-state index in [1.165, 1.54) is 0 Å². The van der Waals surface area contributed by atoms with Gasteiger partial charge in [-0.15, -0.1) is 10.2 Å². The van der Waals surface area contributed by atoms with Crippen molar-refractivity contribution in [2.75, 3.05) is 33.8 Å². The number of halogens is 1. The molecule has 0 spiro atoms. The molecule has 1 aromatic heterocycles. The molecule has 2 rings (SSSR count). The van der Waals surface area contributed by atoms with Gasteiger partial charge in [0.05, 0.1) is 6.54 Å². The minimum absolute atomic E-state index is 0.545.